The van der Waals surface area contributed by atoms with E-state index in [1.165, 1.54) is 16.4 Å². The maximum atomic E-state index is 15.8. The van der Waals surface area contributed by atoms with Gasteiger partial charge in [-0.2, -0.15) is 0 Å². The first-order valence-corrected chi connectivity index (χ1v) is 19.1. The van der Waals surface area contributed by atoms with Crippen LogP contribution in [0.4, 0.5) is 16.0 Å². The predicted octanol–water partition coefficient (Wildman–Crippen LogP) is 6.60. The van der Waals surface area contributed by atoms with Crippen molar-refractivity contribution >= 4 is 41.8 Å². The molecule has 1 saturated heterocycles. The fourth-order valence-corrected chi connectivity index (χ4v) is 11.7. The van der Waals surface area contributed by atoms with Gasteiger partial charge in [0.2, 0.25) is 0 Å². The molecule has 0 spiro atoms. The van der Waals surface area contributed by atoms with E-state index in [4.69, 9.17) is 19.9 Å². The van der Waals surface area contributed by atoms with Gasteiger partial charge in [0.1, 0.15) is 34.5 Å². The number of aromatic nitrogens is 4. The van der Waals surface area contributed by atoms with Crippen LogP contribution in [0.3, 0.4) is 0 Å². The third kappa shape index (κ3) is 6.67. The lowest BCUT2D eigenvalue weighted by atomic mass is 9.98. The fourth-order valence-electron chi connectivity index (χ4n) is 7.16. The maximum Gasteiger partial charge on any atom is 0.261 e. The third-order valence-corrected chi connectivity index (χ3v) is 14.6. The minimum Gasteiger partial charge on any atom is -0.405 e. The maximum absolute atomic E-state index is 15.8. The van der Waals surface area contributed by atoms with Crippen molar-refractivity contribution in [1.29, 1.82) is 0 Å². The molecule has 3 aromatic heterocycles. The van der Waals surface area contributed by atoms with Gasteiger partial charge < -0.3 is 20.2 Å². The summed E-state index contributed by atoms with van der Waals surface area (Å²) in [6.45, 7) is 7.70. The Kier molecular flexibility index (Phi) is 9.52. The Hall–Kier alpha value is -5.23. The summed E-state index contributed by atoms with van der Waals surface area (Å²) in [6.07, 6.45) is 6.45. The van der Waals surface area contributed by atoms with Crippen molar-refractivity contribution in [3.05, 3.63) is 133 Å². The highest BCUT2D eigenvalue weighted by Crippen LogP contribution is 2.39. The van der Waals surface area contributed by atoms with Crippen molar-refractivity contribution in [2.75, 3.05) is 24.3 Å². The van der Waals surface area contributed by atoms with E-state index in [0.717, 1.165) is 18.7 Å². The zero-order valence-electron chi connectivity index (χ0n) is 28.9. The number of carbonyl (C=O) groups is 1. The lowest BCUT2D eigenvalue weighted by Crippen LogP contribution is -2.67. The van der Waals surface area contributed by atoms with E-state index in [0.29, 0.717) is 30.2 Å². The molecule has 9 nitrogen and oxygen atoms in total. The minimum atomic E-state index is -2.71. The molecule has 0 radical (unpaired) electrons. The third-order valence-electron chi connectivity index (χ3n) is 9.64. The van der Waals surface area contributed by atoms with E-state index in [1.54, 1.807) is 48.9 Å². The van der Waals surface area contributed by atoms with Crippen LogP contribution in [0.25, 0.3) is 16.8 Å². The molecule has 3 aromatic carbocycles. The first kappa shape index (κ1) is 34.2. The Balaban J connectivity index is 1.11. The molecule has 1 aliphatic rings. The second-order valence-corrected chi connectivity index (χ2v) is 18.2. The number of nitrogens with zero attached hydrogens (tertiary/aromatic N) is 4. The number of fused-ring (bicyclic) bond motifs is 1. The molecule has 4 heterocycles. The van der Waals surface area contributed by atoms with Crippen molar-refractivity contribution in [3.63, 3.8) is 0 Å². The van der Waals surface area contributed by atoms with Gasteiger partial charge in [0.05, 0.1) is 19.3 Å². The highest BCUT2D eigenvalue weighted by atomic mass is 28.4. The molecule has 11 heteroatoms. The van der Waals surface area contributed by atoms with E-state index in [-0.39, 0.29) is 34.0 Å². The Morgan fingerprint density at radius 2 is 1.67 bits per heavy atom. The number of carbonyl (C=O) groups excluding carboxylic acids is 1. The normalized spacial score (nSPS) is 16.6. The molecule has 6 aromatic rings. The van der Waals surface area contributed by atoms with Crippen LogP contribution in [0, 0.1) is 5.82 Å². The molecule has 2 atom stereocenters. The van der Waals surface area contributed by atoms with Gasteiger partial charge in [-0.15, -0.1) is 0 Å². The van der Waals surface area contributed by atoms with Crippen molar-refractivity contribution < 1.29 is 18.3 Å². The molecule has 0 bridgehead atoms. The van der Waals surface area contributed by atoms with Crippen molar-refractivity contribution in [1.82, 2.24) is 19.4 Å². The SMILES string of the molecule is CC(C)(C)[Si](OCC1CCC(c2nc(-c3ccc(C(=O)Nc4ccccn4)cc3F)c3c(N)nccn23)CO1)(c1ccccc1)c1ccccc1. The van der Waals surface area contributed by atoms with E-state index in [2.05, 4.69) is 84.6 Å². The van der Waals surface area contributed by atoms with E-state index in [1.807, 2.05) is 16.5 Å². The number of imidazole rings is 1. The highest BCUT2D eigenvalue weighted by Gasteiger charge is 2.50. The van der Waals surface area contributed by atoms with Crippen LogP contribution in [0.5, 0.6) is 0 Å². The number of nitrogens with one attached hydrogen (secondary N) is 1. The van der Waals surface area contributed by atoms with Crippen molar-refractivity contribution in [2.45, 2.75) is 50.7 Å². The van der Waals surface area contributed by atoms with E-state index in [9.17, 15) is 4.79 Å². The first-order chi connectivity index (χ1) is 24.7. The van der Waals surface area contributed by atoms with Crippen LogP contribution in [-0.2, 0) is 9.16 Å². The summed E-state index contributed by atoms with van der Waals surface area (Å²) in [7, 11) is -2.71. The van der Waals surface area contributed by atoms with E-state index >= 15 is 4.39 Å². The first-order valence-electron chi connectivity index (χ1n) is 17.2. The van der Waals surface area contributed by atoms with Crippen LogP contribution in [-0.4, -0.2) is 52.9 Å². The second kappa shape index (κ2) is 14.2. The van der Waals surface area contributed by atoms with Crippen molar-refractivity contribution in [3.8, 4) is 11.3 Å². The number of ether oxygens (including phenoxy) is 1. The van der Waals surface area contributed by atoms with Gasteiger partial charge >= 0.3 is 0 Å². The molecule has 0 saturated carbocycles. The Bertz CT molecular complexity index is 2090. The lowest BCUT2D eigenvalue weighted by Gasteiger charge is -2.44. The van der Waals surface area contributed by atoms with Crippen LogP contribution in [0.2, 0.25) is 5.04 Å². The molecule has 1 aliphatic heterocycles. The molecule has 0 aliphatic carbocycles. The number of anilines is 2. The second-order valence-electron chi connectivity index (χ2n) is 13.9. The Morgan fingerprint density at radius 3 is 2.27 bits per heavy atom. The molecule has 1 fully saturated rings. The molecule has 260 valence electrons. The monoisotopic (exact) mass is 700 g/mol. The number of amides is 1. The van der Waals surface area contributed by atoms with Gasteiger partial charge in [0.15, 0.2) is 0 Å². The number of pyridine rings is 1. The van der Waals surface area contributed by atoms with Crippen LogP contribution < -0.4 is 21.4 Å². The molecular formula is C40H41FN6O3Si. The highest BCUT2D eigenvalue weighted by molar-refractivity contribution is 6.99. The largest absolute Gasteiger partial charge is 0.405 e. The van der Waals surface area contributed by atoms with E-state index < -0.39 is 20.0 Å². The Morgan fingerprint density at radius 1 is 0.961 bits per heavy atom. The predicted molar refractivity (Wildman–Crippen MR) is 200 cm³/mol. The standard InChI is InChI=1S/C40H41FN6O3Si/c1-40(2,3)51(30-12-6-4-7-13-30,31-14-8-5-9-15-31)50-26-29-19-17-28(25-49-29)38-46-35(36-37(42)44-22-23-47(36)38)32-20-18-27(24-33(32)41)39(48)45-34-16-10-11-21-43-34/h4-16,18,20-24,28-29H,17,19,25-26H2,1-3H3,(H2,42,44)(H,43,45,48). The summed E-state index contributed by atoms with van der Waals surface area (Å²) < 4.78 is 31.3. The van der Waals surface area contributed by atoms with Crippen LogP contribution >= 0.6 is 0 Å². The smallest absolute Gasteiger partial charge is 0.261 e. The number of nitrogens with two attached hydrogens (primary N) is 1. The number of nitrogen functional groups attached to an aromatic ring is 1. The zero-order chi connectivity index (χ0) is 35.6. The van der Waals surface area contributed by atoms with Gasteiger partial charge in [-0.05, 0) is 58.6 Å². The fraction of sp³-hybridized carbons (Fsp3) is 0.250. The van der Waals surface area contributed by atoms with Gasteiger partial charge in [0.25, 0.3) is 14.2 Å². The van der Waals surface area contributed by atoms with Crippen LogP contribution in [0.15, 0.2) is 116 Å². The molecular weight excluding hydrogens is 660 g/mol. The Labute approximate surface area is 297 Å². The summed E-state index contributed by atoms with van der Waals surface area (Å²) >= 11 is 0. The average Bonchev–Trinajstić information content (AvgIpc) is 3.53. The molecule has 1 amide bonds. The lowest BCUT2D eigenvalue weighted by molar-refractivity contribution is -0.0245. The minimum absolute atomic E-state index is 0.0661. The number of rotatable bonds is 9. The number of benzene rings is 3. The zero-order valence-corrected chi connectivity index (χ0v) is 29.9. The number of halogens is 1. The van der Waals surface area contributed by atoms with Crippen molar-refractivity contribution in [2.24, 2.45) is 0 Å². The van der Waals surface area contributed by atoms with Crippen LogP contribution in [0.1, 0.15) is 55.7 Å². The number of hydrogen-bond acceptors (Lipinski definition) is 7. The molecule has 51 heavy (non-hydrogen) atoms. The quantitative estimate of drug-likeness (QED) is 0.163. The molecule has 7 rings (SSSR count). The number of hydrogen-bond donors (Lipinski definition) is 2. The topological polar surface area (TPSA) is 117 Å². The summed E-state index contributed by atoms with van der Waals surface area (Å²) in [5.41, 5.74) is 7.63. The summed E-state index contributed by atoms with van der Waals surface area (Å²) in [5, 5.41) is 5.01. The summed E-state index contributed by atoms with van der Waals surface area (Å²) in [6, 6.07) is 30.7. The summed E-state index contributed by atoms with van der Waals surface area (Å²) in [4.78, 5) is 26.2. The van der Waals surface area contributed by atoms with Gasteiger partial charge in [-0.3, -0.25) is 9.20 Å². The van der Waals surface area contributed by atoms with Gasteiger partial charge in [0, 0.05) is 35.6 Å². The van der Waals surface area contributed by atoms with Gasteiger partial charge in [-0.25, -0.2) is 19.3 Å². The van der Waals surface area contributed by atoms with Gasteiger partial charge in [-0.1, -0.05) is 87.5 Å². The molecule has 3 N–H and O–H groups in total. The average molecular weight is 701 g/mol. The molecule has 2 unspecified atom stereocenters. The summed E-state index contributed by atoms with van der Waals surface area (Å²) in [5.74, 6) is 0.195.